The average Bonchev–Trinajstić information content (AvgIpc) is 2.67. The largest absolute Gasteiger partial charge is 0.458 e. The number of hydrogen-bond donors (Lipinski definition) is 1. The summed E-state index contributed by atoms with van der Waals surface area (Å²) in [4.78, 5) is 0. The van der Waals surface area contributed by atoms with E-state index in [0.717, 1.165) is 29.7 Å². The average molecular weight is 312 g/mol. The lowest BCUT2D eigenvalue weighted by Gasteiger charge is -2.09. The molecule has 116 valence electrons. The fraction of sp³-hybridized carbons (Fsp3) is 0.529. The van der Waals surface area contributed by atoms with Crippen molar-refractivity contribution in [2.45, 2.75) is 40.7 Å². The van der Waals surface area contributed by atoms with Crippen molar-refractivity contribution in [3.05, 3.63) is 34.3 Å². The standard InChI is InChI=1S/C17H23ClFNO/c1-10(2)5-13-14-6-12(19)7-15(18)17(14)21-16(13)9-20-8-11(3)4/h6-7,10-11,20H,5,8-9H2,1-4H3. The van der Waals surface area contributed by atoms with Crippen LogP contribution < -0.4 is 5.32 Å². The quantitative estimate of drug-likeness (QED) is 0.796. The van der Waals surface area contributed by atoms with Crippen LogP contribution in [0.3, 0.4) is 0 Å². The summed E-state index contributed by atoms with van der Waals surface area (Å²) in [6.07, 6.45) is 0.853. The van der Waals surface area contributed by atoms with E-state index in [0.29, 0.717) is 29.0 Å². The zero-order valence-electron chi connectivity index (χ0n) is 13.1. The van der Waals surface area contributed by atoms with Gasteiger partial charge in [-0.25, -0.2) is 4.39 Å². The summed E-state index contributed by atoms with van der Waals surface area (Å²) in [7, 11) is 0. The number of halogens is 2. The van der Waals surface area contributed by atoms with Gasteiger partial charge in [-0.05, 0) is 36.9 Å². The molecule has 0 fully saturated rings. The maximum absolute atomic E-state index is 13.6. The minimum atomic E-state index is -0.319. The molecule has 2 rings (SSSR count). The summed E-state index contributed by atoms with van der Waals surface area (Å²) < 4.78 is 19.5. The fourth-order valence-electron chi connectivity index (χ4n) is 2.47. The molecule has 1 aromatic heterocycles. The van der Waals surface area contributed by atoms with E-state index in [2.05, 4.69) is 33.0 Å². The van der Waals surface area contributed by atoms with Crippen molar-refractivity contribution < 1.29 is 8.81 Å². The normalized spacial score (nSPS) is 12.0. The number of benzene rings is 1. The Bertz CT molecular complexity index is 619. The zero-order chi connectivity index (χ0) is 15.6. The first kappa shape index (κ1) is 16.3. The van der Waals surface area contributed by atoms with Crippen LogP contribution in [0.15, 0.2) is 16.5 Å². The first-order chi connectivity index (χ1) is 9.88. The molecule has 2 nitrogen and oxygen atoms in total. The third-order valence-corrected chi connectivity index (χ3v) is 3.63. The highest BCUT2D eigenvalue weighted by atomic mass is 35.5. The van der Waals surface area contributed by atoms with Crippen LogP contribution >= 0.6 is 11.6 Å². The number of rotatable bonds is 6. The minimum Gasteiger partial charge on any atom is -0.458 e. The SMILES string of the molecule is CC(C)CNCc1oc2c(Cl)cc(F)cc2c1CC(C)C. The Morgan fingerprint density at radius 1 is 1.19 bits per heavy atom. The van der Waals surface area contributed by atoms with Crippen molar-refractivity contribution in [3.8, 4) is 0 Å². The lowest BCUT2D eigenvalue weighted by molar-refractivity contribution is 0.476. The summed E-state index contributed by atoms with van der Waals surface area (Å²) in [6.45, 7) is 10.2. The number of hydrogen-bond acceptors (Lipinski definition) is 2. The van der Waals surface area contributed by atoms with Gasteiger partial charge in [0.2, 0.25) is 0 Å². The van der Waals surface area contributed by atoms with Crippen LogP contribution in [0.5, 0.6) is 0 Å². The molecular formula is C17H23ClFNO. The van der Waals surface area contributed by atoms with Crippen molar-refractivity contribution >= 4 is 22.6 Å². The van der Waals surface area contributed by atoms with Gasteiger partial charge in [0.25, 0.3) is 0 Å². The lowest BCUT2D eigenvalue weighted by Crippen LogP contribution is -2.19. The Hall–Kier alpha value is -1.06. The first-order valence-corrected chi connectivity index (χ1v) is 7.86. The third-order valence-electron chi connectivity index (χ3n) is 3.35. The van der Waals surface area contributed by atoms with Gasteiger partial charge in [-0.1, -0.05) is 39.3 Å². The molecule has 0 saturated heterocycles. The topological polar surface area (TPSA) is 25.2 Å². The minimum absolute atomic E-state index is 0.319. The molecule has 21 heavy (non-hydrogen) atoms. The maximum atomic E-state index is 13.6. The van der Waals surface area contributed by atoms with Crippen LogP contribution in [0.4, 0.5) is 4.39 Å². The third kappa shape index (κ3) is 3.98. The Kier molecular flexibility index (Phi) is 5.28. The van der Waals surface area contributed by atoms with E-state index in [1.807, 2.05) is 0 Å². The van der Waals surface area contributed by atoms with E-state index in [9.17, 15) is 4.39 Å². The Labute approximate surface area is 130 Å². The molecule has 1 heterocycles. The van der Waals surface area contributed by atoms with Gasteiger partial charge in [-0.15, -0.1) is 0 Å². The van der Waals surface area contributed by atoms with E-state index in [1.54, 1.807) is 0 Å². The van der Waals surface area contributed by atoms with Crippen molar-refractivity contribution in [3.63, 3.8) is 0 Å². The zero-order valence-corrected chi connectivity index (χ0v) is 13.9. The van der Waals surface area contributed by atoms with E-state index >= 15 is 0 Å². The van der Waals surface area contributed by atoms with Gasteiger partial charge in [0.05, 0.1) is 11.6 Å². The van der Waals surface area contributed by atoms with Gasteiger partial charge < -0.3 is 9.73 Å². The van der Waals surface area contributed by atoms with Gasteiger partial charge in [-0.3, -0.25) is 0 Å². The highest BCUT2D eigenvalue weighted by Crippen LogP contribution is 2.33. The van der Waals surface area contributed by atoms with Crippen LogP contribution in [0.25, 0.3) is 11.0 Å². The van der Waals surface area contributed by atoms with Gasteiger partial charge in [0.1, 0.15) is 11.6 Å². The van der Waals surface area contributed by atoms with E-state index in [4.69, 9.17) is 16.0 Å². The van der Waals surface area contributed by atoms with Gasteiger partial charge in [0.15, 0.2) is 5.58 Å². The number of nitrogens with one attached hydrogen (secondary N) is 1. The van der Waals surface area contributed by atoms with E-state index < -0.39 is 0 Å². The predicted octanol–water partition coefficient (Wildman–Crippen LogP) is 5.17. The second kappa shape index (κ2) is 6.80. The summed E-state index contributed by atoms with van der Waals surface area (Å²) in [5.74, 6) is 1.59. The van der Waals surface area contributed by atoms with Gasteiger partial charge in [0, 0.05) is 10.9 Å². The molecule has 0 unspecified atom stereocenters. The Morgan fingerprint density at radius 2 is 1.90 bits per heavy atom. The molecule has 4 heteroatoms. The van der Waals surface area contributed by atoms with Gasteiger partial charge >= 0.3 is 0 Å². The molecule has 0 saturated carbocycles. The highest BCUT2D eigenvalue weighted by Gasteiger charge is 2.18. The molecule has 0 aliphatic heterocycles. The molecule has 0 spiro atoms. The smallest absolute Gasteiger partial charge is 0.153 e. The van der Waals surface area contributed by atoms with Crippen LogP contribution in [0.1, 0.15) is 39.0 Å². The maximum Gasteiger partial charge on any atom is 0.153 e. The molecule has 0 amide bonds. The first-order valence-electron chi connectivity index (χ1n) is 7.48. The summed E-state index contributed by atoms with van der Waals surface area (Å²) in [6, 6.07) is 2.83. The van der Waals surface area contributed by atoms with E-state index in [1.165, 1.54) is 12.1 Å². The van der Waals surface area contributed by atoms with Crippen molar-refractivity contribution in [2.75, 3.05) is 6.54 Å². The van der Waals surface area contributed by atoms with E-state index in [-0.39, 0.29) is 5.82 Å². The second-order valence-corrected chi connectivity index (χ2v) is 6.80. The molecule has 0 radical (unpaired) electrons. The summed E-state index contributed by atoms with van der Waals surface area (Å²) in [5.41, 5.74) is 1.66. The highest BCUT2D eigenvalue weighted by molar-refractivity contribution is 6.34. The second-order valence-electron chi connectivity index (χ2n) is 6.39. The molecule has 0 atom stereocenters. The fourth-order valence-corrected chi connectivity index (χ4v) is 2.72. The van der Waals surface area contributed by atoms with Crippen molar-refractivity contribution in [1.82, 2.24) is 5.32 Å². The van der Waals surface area contributed by atoms with Gasteiger partial charge in [-0.2, -0.15) is 0 Å². The monoisotopic (exact) mass is 311 g/mol. The molecule has 2 aromatic rings. The molecule has 0 aliphatic carbocycles. The molecular weight excluding hydrogens is 289 g/mol. The number of fused-ring (bicyclic) bond motifs is 1. The van der Waals surface area contributed by atoms with Crippen molar-refractivity contribution in [1.29, 1.82) is 0 Å². The van der Waals surface area contributed by atoms with Crippen molar-refractivity contribution in [2.24, 2.45) is 11.8 Å². The van der Waals surface area contributed by atoms with Crippen LogP contribution in [-0.4, -0.2) is 6.54 Å². The summed E-state index contributed by atoms with van der Waals surface area (Å²) in [5, 5.41) is 4.52. The lowest BCUT2D eigenvalue weighted by atomic mass is 9.99. The van der Waals surface area contributed by atoms with Crippen LogP contribution in [0.2, 0.25) is 5.02 Å². The Balaban J connectivity index is 2.40. The molecule has 0 bridgehead atoms. The number of furan rings is 1. The Morgan fingerprint density at radius 3 is 2.52 bits per heavy atom. The van der Waals surface area contributed by atoms with Crippen LogP contribution in [-0.2, 0) is 13.0 Å². The predicted molar refractivity (Wildman–Crippen MR) is 86.3 cm³/mol. The van der Waals surface area contributed by atoms with Crippen LogP contribution in [0, 0.1) is 17.7 Å². The molecule has 0 aliphatic rings. The molecule has 1 N–H and O–H groups in total. The summed E-state index contributed by atoms with van der Waals surface area (Å²) >= 11 is 6.11. The molecule has 1 aromatic carbocycles.